The molecule has 8 nitrogen and oxygen atoms in total. The van der Waals surface area contributed by atoms with Crippen molar-refractivity contribution in [3.05, 3.63) is 30.1 Å². The second kappa shape index (κ2) is 6.74. The average Bonchev–Trinajstić information content (AvgIpc) is 2.96. The molecule has 1 fully saturated rings. The molecule has 2 aromatic rings. The van der Waals surface area contributed by atoms with E-state index in [1.54, 1.807) is 4.68 Å². The topological polar surface area (TPSA) is 105 Å². The van der Waals surface area contributed by atoms with Gasteiger partial charge in [0.2, 0.25) is 0 Å². The van der Waals surface area contributed by atoms with Crippen molar-refractivity contribution in [3.63, 3.8) is 0 Å². The lowest BCUT2D eigenvalue weighted by Crippen LogP contribution is -2.40. The molecule has 1 aromatic heterocycles. The molecule has 122 valence electrons. The van der Waals surface area contributed by atoms with Gasteiger partial charge in [0.1, 0.15) is 0 Å². The molecule has 0 unspecified atom stereocenters. The largest absolute Gasteiger partial charge is 0.393 e. The number of aliphatic hydroxyl groups excluding tert-OH is 1. The predicted molar refractivity (Wildman–Crippen MR) is 84.3 cm³/mol. The number of benzene rings is 1. The van der Waals surface area contributed by atoms with Gasteiger partial charge in [-0.3, -0.25) is 0 Å². The Morgan fingerprint density at radius 3 is 2.78 bits per heavy atom. The van der Waals surface area contributed by atoms with E-state index in [1.165, 1.54) is 0 Å². The van der Waals surface area contributed by atoms with Gasteiger partial charge in [0, 0.05) is 11.7 Å². The highest BCUT2D eigenvalue weighted by atomic mass is 16.3. The first-order valence-electron chi connectivity index (χ1n) is 7.73. The minimum atomic E-state index is -0.239. The third kappa shape index (κ3) is 3.84. The van der Waals surface area contributed by atoms with Crippen LogP contribution in [0.15, 0.2) is 24.3 Å². The van der Waals surface area contributed by atoms with E-state index < -0.39 is 0 Å². The van der Waals surface area contributed by atoms with Crippen LogP contribution in [-0.4, -0.2) is 43.5 Å². The molecule has 8 heteroatoms. The molecule has 0 atom stereocenters. The molecule has 3 rings (SSSR count). The van der Waals surface area contributed by atoms with Gasteiger partial charge in [-0.1, -0.05) is 6.07 Å². The number of carbonyl (C=O) groups excluding carboxylic acids is 1. The molecule has 0 radical (unpaired) electrons. The highest BCUT2D eigenvalue weighted by molar-refractivity contribution is 5.89. The van der Waals surface area contributed by atoms with Crippen LogP contribution in [-0.2, 0) is 0 Å². The number of rotatable bonds is 3. The highest BCUT2D eigenvalue weighted by Gasteiger charge is 2.20. The van der Waals surface area contributed by atoms with E-state index >= 15 is 0 Å². The second-order valence-electron chi connectivity index (χ2n) is 5.79. The number of aryl methyl sites for hydroxylation is 1. The van der Waals surface area contributed by atoms with Gasteiger partial charge >= 0.3 is 6.03 Å². The maximum absolute atomic E-state index is 12.1. The Morgan fingerprint density at radius 2 is 2.09 bits per heavy atom. The van der Waals surface area contributed by atoms with Crippen LogP contribution in [0.1, 0.15) is 31.5 Å². The predicted octanol–water partition coefficient (Wildman–Crippen LogP) is 1.40. The molecule has 2 amide bonds. The van der Waals surface area contributed by atoms with Crippen LogP contribution in [0.3, 0.4) is 0 Å². The Bertz CT molecular complexity index is 678. The van der Waals surface area contributed by atoms with Gasteiger partial charge in [-0.25, -0.2) is 4.79 Å². The van der Waals surface area contributed by atoms with Gasteiger partial charge in [-0.2, -0.15) is 4.68 Å². The molecule has 3 N–H and O–H groups in total. The number of urea groups is 1. The van der Waals surface area contributed by atoms with Crippen LogP contribution in [0.25, 0.3) is 5.69 Å². The van der Waals surface area contributed by atoms with Crippen LogP contribution in [0.4, 0.5) is 10.5 Å². The normalized spacial score (nSPS) is 21.0. The van der Waals surface area contributed by atoms with E-state index in [1.807, 2.05) is 31.2 Å². The minimum absolute atomic E-state index is 0.114. The van der Waals surface area contributed by atoms with Gasteiger partial charge < -0.3 is 15.7 Å². The number of amides is 2. The number of aliphatic hydroxyl groups is 1. The lowest BCUT2D eigenvalue weighted by atomic mass is 9.93. The first-order valence-corrected chi connectivity index (χ1v) is 7.73. The summed E-state index contributed by atoms with van der Waals surface area (Å²) in [6.07, 6.45) is 2.85. The maximum Gasteiger partial charge on any atom is 0.319 e. The quantitative estimate of drug-likeness (QED) is 0.794. The monoisotopic (exact) mass is 316 g/mol. The van der Waals surface area contributed by atoms with E-state index in [9.17, 15) is 9.90 Å². The summed E-state index contributed by atoms with van der Waals surface area (Å²) in [6.45, 7) is 1.81. The Morgan fingerprint density at radius 1 is 1.30 bits per heavy atom. The summed E-state index contributed by atoms with van der Waals surface area (Å²) in [5.41, 5.74) is 1.46. The molecule has 0 bridgehead atoms. The van der Waals surface area contributed by atoms with Crippen LogP contribution < -0.4 is 10.6 Å². The Labute approximate surface area is 133 Å². The molecule has 23 heavy (non-hydrogen) atoms. The summed E-state index contributed by atoms with van der Waals surface area (Å²) in [4.78, 5) is 12.1. The van der Waals surface area contributed by atoms with Gasteiger partial charge in [0.25, 0.3) is 0 Å². The zero-order valence-electron chi connectivity index (χ0n) is 12.9. The molecular formula is C15H20N6O2. The molecule has 0 spiro atoms. The van der Waals surface area contributed by atoms with Crippen molar-refractivity contribution in [2.45, 2.75) is 44.8 Å². The number of carbonyl (C=O) groups is 1. The van der Waals surface area contributed by atoms with Crippen molar-refractivity contribution < 1.29 is 9.90 Å². The third-order valence-corrected chi connectivity index (χ3v) is 4.01. The first kappa shape index (κ1) is 15.4. The van der Waals surface area contributed by atoms with Gasteiger partial charge in [0.15, 0.2) is 5.82 Å². The Kier molecular flexibility index (Phi) is 4.52. The zero-order valence-corrected chi connectivity index (χ0v) is 12.9. The number of hydrogen-bond acceptors (Lipinski definition) is 5. The van der Waals surface area contributed by atoms with Crippen molar-refractivity contribution >= 4 is 11.7 Å². The molecule has 1 aliphatic rings. The molecule has 1 heterocycles. The number of nitrogens with one attached hydrogen (secondary N) is 2. The summed E-state index contributed by atoms with van der Waals surface area (Å²) in [5, 5.41) is 26.6. The number of hydrogen-bond donors (Lipinski definition) is 3. The van der Waals surface area contributed by atoms with Crippen molar-refractivity contribution in [2.75, 3.05) is 5.32 Å². The van der Waals surface area contributed by atoms with Gasteiger partial charge in [-0.15, -0.1) is 5.10 Å². The summed E-state index contributed by atoms with van der Waals surface area (Å²) < 4.78 is 1.60. The number of tetrazole rings is 1. The molecular weight excluding hydrogens is 296 g/mol. The molecule has 0 saturated heterocycles. The van der Waals surface area contributed by atoms with Gasteiger partial charge in [-0.05, 0) is 61.2 Å². The van der Waals surface area contributed by atoms with Crippen LogP contribution in [0.2, 0.25) is 0 Å². The fourth-order valence-electron chi connectivity index (χ4n) is 2.76. The van der Waals surface area contributed by atoms with Crippen molar-refractivity contribution in [2.24, 2.45) is 0 Å². The lowest BCUT2D eigenvalue weighted by molar-refractivity contribution is 0.118. The third-order valence-electron chi connectivity index (χ3n) is 4.01. The van der Waals surface area contributed by atoms with Crippen LogP contribution in [0, 0.1) is 6.92 Å². The van der Waals surface area contributed by atoms with E-state index in [0.29, 0.717) is 11.5 Å². The summed E-state index contributed by atoms with van der Waals surface area (Å²) >= 11 is 0. The first-order chi connectivity index (χ1) is 11.1. The molecule has 1 aromatic carbocycles. The van der Waals surface area contributed by atoms with E-state index in [4.69, 9.17) is 0 Å². The average molecular weight is 316 g/mol. The Balaban J connectivity index is 1.62. The number of anilines is 1. The van der Waals surface area contributed by atoms with E-state index in [2.05, 4.69) is 26.2 Å². The summed E-state index contributed by atoms with van der Waals surface area (Å²) in [6, 6.07) is 7.21. The van der Waals surface area contributed by atoms with Crippen LogP contribution >= 0.6 is 0 Å². The number of aromatic nitrogens is 4. The van der Waals surface area contributed by atoms with Gasteiger partial charge in [0.05, 0.1) is 11.8 Å². The van der Waals surface area contributed by atoms with Crippen molar-refractivity contribution in [1.82, 2.24) is 25.5 Å². The summed E-state index contributed by atoms with van der Waals surface area (Å²) in [5.74, 6) is 0.673. The van der Waals surface area contributed by atoms with E-state index in [-0.39, 0.29) is 18.2 Å². The second-order valence-corrected chi connectivity index (χ2v) is 5.79. The van der Waals surface area contributed by atoms with Crippen molar-refractivity contribution in [3.8, 4) is 5.69 Å². The number of nitrogens with zero attached hydrogens (tertiary/aromatic N) is 4. The highest BCUT2D eigenvalue weighted by Crippen LogP contribution is 2.19. The SMILES string of the molecule is Cc1nnnn1-c1cccc(NC(=O)NC2CCC(O)CC2)c1. The maximum atomic E-state index is 12.1. The molecule has 1 aliphatic carbocycles. The van der Waals surface area contributed by atoms with E-state index in [0.717, 1.165) is 31.4 Å². The summed E-state index contributed by atoms with van der Waals surface area (Å²) in [7, 11) is 0. The standard InChI is InChI=1S/C15H20N6O2/c1-10-18-19-20-21(10)13-4-2-3-12(9-13)17-15(23)16-11-5-7-14(22)8-6-11/h2-4,9,11,14,22H,5-8H2,1H3,(H2,16,17,23). The lowest BCUT2D eigenvalue weighted by Gasteiger charge is -2.26. The minimum Gasteiger partial charge on any atom is -0.393 e. The fourth-order valence-corrected chi connectivity index (χ4v) is 2.76. The Hall–Kier alpha value is -2.48. The van der Waals surface area contributed by atoms with Crippen molar-refractivity contribution in [1.29, 1.82) is 0 Å². The zero-order chi connectivity index (χ0) is 16.2. The molecule has 1 saturated carbocycles. The fraction of sp³-hybridized carbons (Fsp3) is 0.467. The molecule has 0 aliphatic heterocycles. The van der Waals surface area contributed by atoms with Crippen LogP contribution in [0.5, 0.6) is 0 Å². The smallest absolute Gasteiger partial charge is 0.319 e.